The standard InChI is InChI=1S/C9H12N/c1-2-4-9-7-10-6-5-8(9)3-1/h5-6H,1-4,7H2. The van der Waals surface area contributed by atoms with Crippen LogP contribution in [0.25, 0.3) is 0 Å². The van der Waals surface area contributed by atoms with Crippen molar-refractivity contribution in [1.29, 1.82) is 0 Å². The molecule has 0 saturated carbocycles. The van der Waals surface area contributed by atoms with Gasteiger partial charge in [0.15, 0.2) is 0 Å². The molecule has 0 atom stereocenters. The minimum Gasteiger partial charge on any atom is -0.289 e. The van der Waals surface area contributed by atoms with Gasteiger partial charge in [-0.25, -0.2) is 0 Å². The van der Waals surface area contributed by atoms with E-state index in [1.165, 1.54) is 25.7 Å². The molecule has 1 aliphatic carbocycles. The molecule has 0 aromatic heterocycles. The second kappa shape index (κ2) is 2.49. The van der Waals surface area contributed by atoms with Crippen molar-refractivity contribution in [3.05, 3.63) is 23.4 Å². The highest BCUT2D eigenvalue weighted by Gasteiger charge is 2.12. The van der Waals surface area contributed by atoms with Crippen LogP contribution in [0.1, 0.15) is 25.7 Å². The molecule has 0 spiro atoms. The Kier molecular flexibility index (Phi) is 1.50. The molecule has 0 saturated heterocycles. The molecule has 0 N–H and O–H groups in total. The highest BCUT2D eigenvalue weighted by Crippen LogP contribution is 2.26. The van der Waals surface area contributed by atoms with Crippen LogP contribution in [-0.4, -0.2) is 6.54 Å². The monoisotopic (exact) mass is 134 g/mol. The Morgan fingerprint density at radius 3 is 3.00 bits per heavy atom. The van der Waals surface area contributed by atoms with Gasteiger partial charge in [-0.05, 0) is 42.9 Å². The van der Waals surface area contributed by atoms with E-state index < -0.39 is 0 Å². The minimum atomic E-state index is 0.978. The molecule has 0 aromatic carbocycles. The molecule has 1 radical (unpaired) electrons. The molecule has 2 aliphatic rings. The summed E-state index contributed by atoms with van der Waals surface area (Å²) in [7, 11) is 0. The Morgan fingerprint density at radius 1 is 1.20 bits per heavy atom. The van der Waals surface area contributed by atoms with Crippen molar-refractivity contribution in [2.45, 2.75) is 25.7 Å². The van der Waals surface area contributed by atoms with Crippen LogP contribution in [0.2, 0.25) is 0 Å². The predicted molar refractivity (Wildman–Crippen MR) is 41.6 cm³/mol. The van der Waals surface area contributed by atoms with Gasteiger partial charge < -0.3 is 0 Å². The Labute approximate surface area is 61.8 Å². The normalized spacial score (nSPS) is 24.0. The number of hydrogen-bond donors (Lipinski definition) is 0. The third kappa shape index (κ3) is 0.962. The third-order valence-corrected chi connectivity index (χ3v) is 2.29. The van der Waals surface area contributed by atoms with Gasteiger partial charge in [0.05, 0.1) is 6.54 Å². The van der Waals surface area contributed by atoms with Crippen molar-refractivity contribution >= 4 is 0 Å². The quantitative estimate of drug-likeness (QED) is 0.481. The van der Waals surface area contributed by atoms with Crippen LogP contribution in [0, 0.1) is 0 Å². The lowest BCUT2D eigenvalue weighted by molar-refractivity contribution is 0.650. The van der Waals surface area contributed by atoms with E-state index in [1.54, 1.807) is 11.1 Å². The van der Waals surface area contributed by atoms with Crippen LogP contribution in [-0.2, 0) is 0 Å². The SMILES string of the molecule is C1=CC2=C(CCCC2)C[N]1. The van der Waals surface area contributed by atoms with Crippen molar-refractivity contribution in [1.82, 2.24) is 5.32 Å². The van der Waals surface area contributed by atoms with E-state index in [1.807, 2.05) is 6.20 Å². The molecular formula is C9H12N. The molecular weight excluding hydrogens is 122 g/mol. The summed E-state index contributed by atoms with van der Waals surface area (Å²) < 4.78 is 0. The minimum absolute atomic E-state index is 0.978. The van der Waals surface area contributed by atoms with Gasteiger partial charge in [0.25, 0.3) is 0 Å². The maximum Gasteiger partial charge on any atom is 0.0605 e. The number of hydrogen-bond acceptors (Lipinski definition) is 0. The molecule has 1 aliphatic heterocycles. The predicted octanol–water partition coefficient (Wildman–Crippen LogP) is 1.99. The first kappa shape index (κ1) is 6.02. The molecule has 0 bridgehead atoms. The van der Waals surface area contributed by atoms with Crippen LogP contribution < -0.4 is 5.32 Å². The average Bonchev–Trinajstić information content (AvgIpc) is 2.05. The summed E-state index contributed by atoms with van der Waals surface area (Å²) in [4.78, 5) is 0. The summed E-state index contributed by atoms with van der Waals surface area (Å²) in [5.74, 6) is 0. The number of allylic oxidation sites excluding steroid dienone is 2. The summed E-state index contributed by atoms with van der Waals surface area (Å²) in [5, 5.41) is 4.22. The summed E-state index contributed by atoms with van der Waals surface area (Å²) in [5.41, 5.74) is 3.16. The summed E-state index contributed by atoms with van der Waals surface area (Å²) in [6, 6.07) is 0. The lowest BCUT2D eigenvalue weighted by Crippen LogP contribution is -2.12. The van der Waals surface area contributed by atoms with Crippen LogP contribution in [0.3, 0.4) is 0 Å². The first-order chi connectivity index (χ1) is 4.97. The molecule has 53 valence electrons. The highest BCUT2D eigenvalue weighted by molar-refractivity contribution is 5.31. The van der Waals surface area contributed by atoms with E-state index in [4.69, 9.17) is 0 Å². The van der Waals surface area contributed by atoms with Crippen LogP contribution in [0.4, 0.5) is 0 Å². The first-order valence-electron chi connectivity index (χ1n) is 4.01. The van der Waals surface area contributed by atoms with Crippen LogP contribution in [0.15, 0.2) is 23.4 Å². The number of rotatable bonds is 0. The Bertz CT molecular complexity index is 189. The van der Waals surface area contributed by atoms with E-state index >= 15 is 0 Å². The number of nitrogens with zero attached hydrogens (tertiary/aromatic N) is 1. The average molecular weight is 134 g/mol. The second-order valence-corrected chi connectivity index (χ2v) is 2.99. The fraction of sp³-hybridized carbons (Fsp3) is 0.556. The molecule has 1 heterocycles. The fourth-order valence-electron chi connectivity index (χ4n) is 1.68. The van der Waals surface area contributed by atoms with Gasteiger partial charge in [0.1, 0.15) is 0 Å². The molecule has 10 heavy (non-hydrogen) atoms. The van der Waals surface area contributed by atoms with Gasteiger partial charge in [0.2, 0.25) is 0 Å². The van der Waals surface area contributed by atoms with Gasteiger partial charge in [-0.3, -0.25) is 5.32 Å². The van der Waals surface area contributed by atoms with Crippen LogP contribution in [0.5, 0.6) is 0 Å². The van der Waals surface area contributed by atoms with Crippen molar-refractivity contribution in [2.24, 2.45) is 0 Å². The summed E-state index contributed by atoms with van der Waals surface area (Å²) >= 11 is 0. The highest BCUT2D eigenvalue weighted by atomic mass is 14.8. The Balaban J connectivity index is 2.23. The van der Waals surface area contributed by atoms with Crippen molar-refractivity contribution in [2.75, 3.05) is 6.54 Å². The van der Waals surface area contributed by atoms with E-state index in [2.05, 4.69) is 11.4 Å². The van der Waals surface area contributed by atoms with E-state index in [-0.39, 0.29) is 0 Å². The van der Waals surface area contributed by atoms with Crippen molar-refractivity contribution < 1.29 is 0 Å². The molecule has 1 nitrogen and oxygen atoms in total. The summed E-state index contributed by atoms with van der Waals surface area (Å²) in [6.07, 6.45) is 9.47. The van der Waals surface area contributed by atoms with Gasteiger partial charge in [-0.15, -0.1) is 0 Å². The van der Waals surface area contributed by atoms with E-state index in [9.17, 15) is 0 Å². The zero-order valence-electron chi connectivity index (χ0n) is 6.14. The van der Waals surface area contributed by atoms with Gasteiger partial charge >= 0.3 is 0 Å². The molecule has 0 amide bonds. The fourth-order valence-corrected chi connectivity index (χ4v) is 1.68. The van der Waals surface area contributed by atoms with Crippen LogP contribution >= 0.6 is 0 Å². The maximum absolute atomic E-state index is 4.22. The topological polar surface area (TPSA) is 14.1 Å². The molecule has 2 rings (SSSR count). The van der Waals surface area contributed by atoms with Gasteiger partial charge in [-0.2, -0.15) is 0 Å². The van der Waals surface area contributed by atoms with Crippen molar-refractivity contribution in [3.8, 4) is 0 Å². The second-order valence-electron chi connectivity index (χ2n) is 2.99. The van der Waals surface area contributed by atoms with Crippen molar-refractivity contribution in [3.63, 3.8) is 0 Å². The third-order valence-electron chi connectivity index (χ3n) is 2.29. The van der Waals surface area contributed by atoms with Gasteiger partial charge in [-0.1, -0.05) is 0 Å². The summed E-state index contributed by atoms with van der Waals surface area (Å²) in [6.45, 7) is 0.978. The Hall–Kier alpha value is -0.720. The zero-order chi connectivity index (χ0) is 6.81. The molecule has 0 fully saturated rings. The maximum atomic E-state index is 4.22. The Morgan fingerprint density at radius 2 is 2.10 bits per heavy atom. The van der Waals surface area contributed by atoms with E-state index in [0.717, 1.165) is 6.54 Å². The smallest absolute Gasteiger partial charge is 0.0605 e. The first-order valence-corrected chi connectivity index (χ1v) is 4.01. The molecule has 0 aromatic rings. The largest absolute Gasteiger partial charge is 0.289 e. The van der Waals surface area contributed by atoms with E-state index in [0.29, 0.717) is 0 Å². The lowest BCUT2D eigenvalue weighted by Gasteiger charge is -2.20. The lowest BCUT2D eigenvalue weighted by atomic mass is 9.90. The molecule has 1 heteroatoms. The molecule has 0 unspecified atom stereocenters. The van der Waals surface area contributed by atoms with Gasteiger partial charge in [0, 0.05) is 6.20 Å². The zero-order valence-corrected chi connectivity index (χ0v) is 6.14.